The molecular weight excluding hydrogens is 396 g/mol. The zero-order valence-electron chi connectivity index (χ0n) is 15.9. The second-order valence-corrected chi connectivity index (χ2v) is 9.13. The van der Waals surface area contributed by atoms with Crippen LogP contribution in [0.2, 0.25) is 0 Å². The molecule has 0 bridgehead atoms. The fourth-order valence-corrected chi connectivity index (χ4v) is 6.35. The van der Waals surface area contributed by atoms with Crippen LogP contribution in [-0.4, -0.2) is 7.25 Å². The largest absolute Gasteiger partial charge is 0.673 e. The van der Waals surface area contributed by atoms with E-state index in [-0.39, 0.29) is 0 Å². The van der Waals surface area contributed by atoms with Crippen LogP contribution < -0.4 is 21.6 Å². The van der Waals surface area contributed by atoms with E-state index in [0.717, 1.165) is 0 Å². The van der Waals surface area contributed by atoms with Gasteiger partial charge in [-0.05, 0) is 42.2 Å². The first-order valence-electron chi connectivity index (χ1n) is 9.57. The van der Waals surface area contributed by atoms with Crippen LogP contribution in [0, 0.1) is 0 Å². The standard InChI is InChI=1S/C22H22NP.BF4/c23-20-15-7-9-17-10-8-16-21(22(17)20)24(18-11-3-1-4-12-18)19-13-5-2-6-14-19;2-1(3,4)5/h1-6,8,10-14,16,20H,7,9,15,23H2;/q;-1/p+1/t20-;/m1./s1. The minimum Gasteiger partial charge on any atom is -0.418 e. The minimum atomic E-state index is -6.00. The van der Waals surface area contributed by atoms with Gasteiger partial charge in [-0.15, -0.1) is 0 Å². The maximum absolute atomic E-state index is 9.75. The van der Waals surface area contributed by atoms with Gasteiger partial charge in [-0.25, -0.2) is 0 Å². The number of hydrogen-bond acceptors (Lipinski definition) is 0. The van der Waals surface area contributed by atoms with Gasteiger partial charge >= 0.3 is 7.25 Å². The van der Waals surface area contributed by atoms with Crippen LogP contribution in [-0.2, 0) is 6.42 Å². The number of hydrogen-bond donors (Lipinski definition) is 1. The summed E-state index contributed by atoms with van der Waals surface area (Å²) in [7, 11) is -6.53. The molecule has 152 valence electrons. The Hall–Kier alpha value is -2.17. The van der Waals surface area contributed by atoms with E-state index in [1.54, 1.807) is 0 Å². The van der Waals surface area contributed by atoms with Crippen molar-refractivity contribution in [3.63, 3.8) is 0 Å². The number of rotatable bonds is 3. The van der Waals surface area contributed by atoms with E-state index in [4.69, 9.17) is 0 Å². The van der Waals surface area contributed by atoms with Gasteiger partial charge in [0.25, 0.3) is 0 Å². The van der Waals surface area contributed by atoms with Gasteiger partial charge in [0.15, 0.2) is 0 Å². The molecule has 0 amide bonds. The number of benzene rings is 3. The predicted molar refractivity (Wildman–Crippen MR) is 114 cm³/mol. The first kappa shape index (κ1) is 21.5. The van der Waals surface area contributed by atoms with E-state index < -0.39 is 15.2 Å². The highest BCUT2D eigenvalue weighted by Gasteiger charge is 2.27. The maximum Gasteiger partial charge on any atom is 0.673 e. The van der Waals surface area contributed by atoms with Crippen LogP contribution in [0.5, 0.6) is 0 Å². The quantitative estimate of drug-likeness (QED) is 0.371. The van der Waals surface area contributed by atoms with E-state index in [9.17, 15) is 17.3 Å². The van der Waals surface area contributed by atoms with Crippen LogP contribution in [0.25, 0.3) is 0 Å². The Kier molecular flexibility index (Phi) is 7.10. The molecule has 29 heavy (non-hydrogen) atoms. The van der Waals surface area contributed by atoms with E-state index in [0.29, 0.717) is 6.04 Å². The molecule has 7 heteroatoms. The van der Waals surface area contributed by atoms with Crippen molar-refractivity contribution in [2.75, 3.05) is 0 Å². The highest BCUT2D eigenvalue weighted by Crippen LogP contribution is 2.38. The van der Waals surface area contributed by atoms with Gasteiger partial charge in [0.1, 0.15) is 6.04 Å². The third-order valence-electron chi connectivity index (χ3n) is 4.85. The highest BCUT2D eigenvalue weighted by molar-refractivity contribution is 7.79. The molecule has 1 aliphatic carbocycles. The third kappa shape index (κ3) is 5.91. The first-order valence-corrected chi connectivity index (χ1v) is 10.9. The molecule has 0 aliphatic heterocycles. The molecule has 0 radical (unpaired) electrons. The van der Waals surface area contributed by atoms with Crippen LogP contribution in [0.3, 0.4) is 0 Å². The topological polar surface area (TPSA) is 27.6 Å². The Morgan fingerprint density at radius 2 is 1.28 bits per heavy atom. The summed E-state index contributed by atoms with van der Waals surface area (Å²) in [6.07, 6.45) is 3.66. The van der Waals surface area contributed by atoms with Crippen LogP contribution in [0.4, 0.5) is 17.3 Å². The Morgan fingerprint density at radius 1 is 0.759 bits per heavy atom. The van der Waals surface area contributed by atoms with Crippen molar-refractivity contribution in [3.8, 4) is 0 Å². The van der Waals surface area contributed by atoms with Crippen molar-refractivity contribution in [1.29, 1.82) is 0 Å². The molecule has 0 aromatic heterocycles. The molecule has 0 fully saturated rings. The minimum absolute atomic E-state index is 0.419. The van der Waals surface area contributed by atoms with Crippen molar-refractivity contribution in [2.24, 2.45) is 0 Å². The average Bonchev–Trinajstić information content (AvgIpc) is 2.69. The molecule has 3 N–H and O–H groups in total. The monoisotopic (exact) mass is 419 g/mol. The summed E-state index contributed by atoms with van der Waals surface area (Å²) in [4.78, 5) is 0. The fraction of sp³-hybridized carbons (Fsp3) is 0.182. The molecule has 0 saturated carbocycles. The van der Waals surface area contributed by atoms with Crippen molar-refractivity contribution in [1.82, 2.24) is 0 Å². The normalized spacial score (nSPS) is 16.0. The van der Waals surface area contributed by atoms with Gasteiger partial charge in [-0.2, -0.15) is 0 Å². The van der Waals surface area contributed by atoms with E-state index >= 15 is 0 Å². The molecule has 1 nitrogen and oxygen atoms in total. The van der Waals surface area contributed by atoms with Gasteiger partial charge < -0.3 is 23.0 Å². The zero-order chi connectivity index (χ0) is 20.9. The summed E-state index contributed by atoms with van der Waals surface area (Å²) in [6, 6.07) is 29.3. The SMILES string of the molecule is F[B-](F)(F)F.[NH3+][C@@H]1CCCc2cccc(P(c3ccccc3)c3ccccc3)c21. The number of halogens is 4. The number of fused-ring (bicyclic) bond motifs is 1. The molecule has 1 atom stereocenters. The van der Waals surface area contributed by atoms with E-state index in [1.165, 1.54) is 46.3 Å². The first-order chi connectivity index (χ1) is 13.8. The molecule has 0 spiro atoms. The average molecular weight is 419 g/mol. The Balaban J connectivity index is 0.000000431. The van der Waals surface area contributed by atoms with Crippen molar-refractivity contribution in [3.05, 3.63) is 90.0 Å². The summed E-state index contributed by atoms with van der Waals surface area (Å²) >= 11 is 0. The van der Waals surface area contributed by atoms with Crippen LogP contribution in [0.15, 0.2) is 78.9 Å². The van der Waals surface area contributed by atoms with E-state index in [2.05, 4.69) is 84.6 Å². The van der Waals surface area contributed by atoms with Crippen LogP contribution in [0.1, 0.15) is 30.0 Å². The van der Waals surface area contributed by atoms with Crippen LogP contribution >= 0.6 is 7.92 Å². The van der Waals surface area contributed by atoms with Gasteiger partial charge in [-0.1, -0.05) is 78.9 Å². The summed E-state index contributed by atoms with van der Waals surface area (Å²) in [5.41, 5.74) is 7.51. The number of quaternary nitrogens is 1. The molecule has 3 aromatic rings. The smallest absolute Gasteiger partial charge is 0.418 e. The summed E-state index contributed by atoms with van der Waals surface area (Å²) in [5.74, 6) is 0. The molecular formula is C22H23BF4NP. The second kappa shape index (κ2) is 9.56. The highest BCUT2D eigenvalue weighted by atomic mass is 31.1. The van der Waals surface area contributed by atoms with Crippen molar-refractivity contribution >= 4 is 31.1 Å². The Bertz CT molecular complexity index is 874. The molecule has 0 unspecified atom stereocenters. The molecule has 0 saturated heterocycles. The van der Waals surface area contributed by atoms with Gasteiger partial charge in [0, 0.05) is 12.0 Å². The molecule has 4 rings (SSSR count). The molecule has 0 heterocycles. The Labute approximate surface area is 169 Å². The van der Waals surface area contributed by atoms with Gasteiger partial charge in [0.05, 0.1) is 0 Å². The lowest BCUT2D eigenvalue weighted by molar-refractivity contribution is -0.429. The lowest BCUT2D eigenvalue weighted by Crippen LogP contribution is -2.56. The fourth-order valence-electron chi connectivity index (χ4n) is 3.75. The van der Waals surface area contributed by atoms with Crippen molar-refractivity contribution in [2.45, 2.75) is 25.3 Å². The molecule has 3 aromatic carbocycles. The van der Waals surface area contributed by atoms with Gasteiger partial charge in [0.2, 0.25) is 0 Å². The summed E-state index contributed by atoms with van der Waals surface area (Å²) in [6.45, 7) is 0. The third-order valence-corrected chi connectivity index (χ3v) is 7.35. The van der Waals surface area contributed by atoms with Gasteiger partial charge in [-0.3, -0.25) is 0 Å². The zero-order valence-corrected chi connectivity index (χ0v) is 16.8. The van der Waals surface area contributed by atoms with Crippen molar-refractivity contribution < 1.29 is 23.0 Å². The number of aryl methyl sites for hydroxylation is 1. The second-order valence-electron chi connectivity index (χ2n) is 6.94. The lowest BCUT2D eigenvalue weighted by atomic mass is 9.88. The lowest BCUT2D eigenvalue weighted by Gasteiger charge is -2.28. The maximum atomic E-state index is 9.75. The Morgan fingerprint density at radius 3 is 1.79 bits per heavy atom. The predicted octanol–water partition coefficient (Wildman–Crippen LogP) is 4.36. The summed E-state index contributed by atoms with van der Waals surface area (Å²) in [5, 5.41) is 4.34. The molecule has 1 aliphatic rings. The van der Waals surface area contributed by atoms with E-state index in [1.807, 2.05) is 0 Å². The summed E-state index contributed by atoms with van der Waals surface area (Å²) < 4.78 is 39.0.